The average molecular weight is 468 g/mol. The summed E-state index contributed by atoms with van der Waals surface area (Å²) in [7, 11) is 0. The molecule has 0 aliphatic carbocycles. The molecule has 1 aliphatic rings. The van der Waals surface area contributed by atoms with Gasteiger partial charge in [0, 0.05) is 44.6 Å². The third-order valence-corrected chi connectivity index (χ3v) is 5.80. The van der Waals surface area contributed by atoms with Crippen molar-refractivity contribution in [3.05, 3.63) is 53.2 Å². The Balaban J connectivity index is 1.47. The van der Waals surface area contributed by atoms with Crippen LogP contribution in [0, 0.1) is 6.92 Å². The minimum atomic E-state index is -0.319. The molecule has 1 aliphatic heterocycles. The Kier molecular flexibility index (Phi) is 8.84. The van der Waals surface area contributed by atoms with Gasteiger partial charge in [-0.15, -0.1) is 0 Å². The van der Waals surface area contributed by atoms with Crippen LogP contribution in [-0.2, 0) is 16.0 Å². The van der Waals surface area contributed by atoms with Crippen molar-refractivity contribution in [2.24, 2.45) is 0 Å². The predicted molar refractivity (Wildman–Crippen MR) is 131 cm³/mol. The average Bonchev–Trinajstić information content (AvgIpc) is 2.85. The van der Waals surface area contributed by atoms with E-state index in [1.165, 1.54) is 11.1 Å². The van der Waals surface area contributed by atoms with Gasteiger partial charge >= 0.3 is 12.0 Å². The zero-order valence-electron chi connectivity index (χ0n) is 20.1. The summed E-state index contributed by atoms with van der Waals surface area (Å²) in [5.74, 6) is 0.247. The quantitative estimate of drug-likeness (QED) is 0.579. The summed E-state index contributed by atoms with van der Waals surface area (Å²) in [4.78, 5) is 44.6. The lowest BCUT2D eigenvalue weighted by Crippen LogP contribution is -2.52. The van der Waals surface area contributed by atoms with Gasteiger partial charge in [0.2, 0.25) is 0 Å². The molecule has 9 nitrogen and oxygen atoms in total. The van der Waals surface area contributed by atoms with E-state index in [2.05, 4.69) is 34.4 Å². The summed E-state index contributed by atoms with van der Waals surface area (Å²) >= 11 is 0. The van der Waals surface area contributed by atoms with E-state index in [0.29, 0.717) is 38.3 Å². The van der Waals surface area contributed by atoms with Crippen molar-refractivity contribution in [1.29, 1.82) is 0 Å². The summed E-state index contributed by atoms with van der Waals surface area (Å²) in [6.07, 6.45) is 2.65. The molecule has 0 atom stereocenters. The number of anilines is 2. The number of nitrogens with one attached hydrogen (secondary N) is 2. The summed E-state index contributed by atoms with van der Waals surface area (Å²) in [5, 5.41) is 5.69. The number of esters is 1. The first kappa shape index (κ1) is 25.0. The summed E-state index contributed by atoms with van der Waals surface area (Å²) in [5.41, 5.74) is 3.68. The van der Waals surface area contributed by atoms with Crippen LogP contribution in [0.1, 0.15) is 41.8 Å². The number of urea groups is 1. The zero-order valence-corrected chi connectivity index (χ0v) is 20.1. The monoisotopic (exact) mass is 467 g/mol. The van der Waals surface area contributed by atoms with Crippen LogP contribution < -0.4 is 15.5 Å². The molecule has 0 bridgehead atoms. The first-order valence-corrected chi connectivity index (χ1v) is 11.7. The third kappa shape index (κ3) is 6.69. The van der Waals surface area contributed by atoms with E-state index in [4.69, 9.17) is 4.74 Å². The maximum atomic E-state index is 12.6. The molecular weight excluding hydrogens is 434 g/mol. The minimum absolute atomic E-state index is 0.160. The standard InChI is InChI=1S/C25H33N5O4/c1-4-19-16-21(8-6-18(19)3)28-24(32)20-7-9-22(27-17-20)29-12-14-30(15-13-29)25(33)26-11-10-23(31)34-5-2/h6-9,16-17H,4-5,10-15H2,1-3H3,(H,26,33)(H,28,32). The number of nitrogens with zero attached hydrogens (tertiary/aromatic N) is 3. The van der Waals surface area contributed by atoms with Crippen LogP contribution in [0.2, 0.25) is 0 Å². The Morgan fingerprint density at radius 1 is 1.06 bits per heavy atom. The zero-order chi connectivity index (χ0) is 24.5. The molecule has 0 unspecified atom stereocenters. The molecule has 0 radical (unpaired) electrons. The van der Waals surface area contributed by atoms with E-state index in [1.54, 1.807) is 24.1 Å². The number of benzene rings is 1. The van der Waals surface area contributed by atoms with Crippen LogP contribution in [0.4, 0.5) is 16.3 Å². The van der Waals surface area contributed by atoms with Crippen molar-refractivity contribution in [3.63, 3.8) is 0 Å². The number of hydrogen-bond donors (Lipinski definition) is 2. The fourth-order valence-corrected chi connectivity index (χ4v) is 3.80. The highest BCUT2D eigenvalue weighted by atomic mass is 16.5. The number of aryl methyl sites for hydroxylation is 2. The molecule has 1 fully saturated rings. The molecule has 182 valence electrons. The molecule has 2 aromatic rings. The van der Waals surface area contributed by atoms with Crippen LogP contribution in [-0.4, -0.2) is 67.1 Å². The fourth-order valence-electron chi connectivity index (χ4n) is 3.80. The van der Waals surface area contributed by atoms with Gasteiger partial charge in [-0.1, -0.05) is 13.0 Å². The molecule has 0 saturated carbocycles. The number of aromatic nitrogens is 1. The number of piperazine rings is 1. The van der Waals surface area contributed by atoms with E-state index in [0.717, 1.165) is 17.9 Å². The lowest BCUT2D eigenvalue weighted by molar-refractivity contribution is -0.142. The molecule has 3 rings (SSSR count). The van der Waals surface area contributed by atoms with E-state index in [9.17, 15) is 14.4 Å². The molecule has 1 aromatic heterocycles. The Morgan fingerprint density at radius 2 is 1.82 bits per heavy atom. The first-order chi connectivity index (χ1) is 16.4. The van der Waals surface area contributed by atoms with E-state index >= 15 is 0 Å². The molecule has 2 heterocycles. The number of pyridine rings is 1. The lowest BCUT2D eigenvalue weighted by Gasteiger charge is -2.35. The second kappa shape index (κ2) is 12.0. The Morgan fingerprint density at radius 3 is 2.47 bits per heavy atom. The summed E-state index contributed by atoms with van der Waals surface area (Å²) < 4.78 is 4.86. The van der Waals surface area contributed by atoms with Gasteiger partial charge in [-0.3, -0.25) is 9.59 Å². The predicted octanol–water partition coefficient (Wildman–Crippen LogP) is 2.99. The van der Waals surface area contributed by atoms with Gasteiger partial charge in [-0.05, 0) is 55.7 Å². The van der Waals surface area contributed by atoms with Crippen molar-refractivity contribution >= 4 is 29.4 Å². The highest BCUT2D eigenvalue weighted by Gasteiger charge is 2.22. The van der Waals surface area contributed by atoms with Crippen molar-refractivity contribution in [2.45, 2.75) is 33.6 Å². The number of rotatable bonds is 8. The summed E-state index contributed by atoms with van der Waals surface area (Å²) in [6.45, 7) is 8.85. The number of amides is 3. The highest BCUT2D eigenvalue weighted by molar-refractivity contribution is 6.04. The van der Waals surface area contributed by atoms with Gasteiger partial charge in [-0.2, -0.15) is 0 Å². The normalized spacial score (nSPS) is 13.4. The smallest absolute Gasteiger partial charge is 0.317 e. The SMILES string of the molecule is CCOC(=O)CCNC(=O)N1CCN(c2ccc(C(=O)Nc3ccc(C)c(CC)c3)cn2)CC1. The van der Waals surface area contributed by atoms with Crippen molar-refractivity contribution in [3.8, 4) is 0 Å². The van der Waals surface area contributed by atoms with Gasteiger partial charge < -0.3 is 25.2 Å². The largest absolute Gasteiger partial charge is 0.466 e. The second-order valence-electron chi connectivity index (χ2n) is 8.12. The Labute approximate surface area is 200 Å². The van der Waals surface area contributed by atoms with E-state index in [-0.39, 0.29) is 30.9 Å². The number of hydrogen-bond acceptors (Lipinski definition) is 6. The van der Waals surface area contributed by atoms with Crippen molar-refractivity contribution in [1.82, 2.24) is 15.2 Å². The Hall–Kier alpha value is -3.62. The van der Waals surface area contributed by atoms with Crippen LogP contribution in [0.15, 0.2) is 36.5 Å². The number of carbonyl (C=O) groups is 3. The van der Waals surface area contributed by atoms with Gasteiger partial charge in [0.05, 0.1) is 18.6 Å². The van der Waals surface area contributed by atoms with Gasteiger partial charge in [0.1, 0.15) is 5.82 Å². The molecule has 3 amide bonds. The third-order valence-electron chi connectivity index (χ3n) is 5.80. The molecule has 1 aromatic carbocycles. The molecule has 0 spiro atoms. The topological polar surface area (TPSA) is 104 Å². The molecule has 9 heteroatoms. The van der Waals surface area contributed by atoms with Gasteiger partial charge in [0.15, 0.2) is 0 Å². The van der Waals surface area contributed by atoms with Crippen LogP contribution in [0.5, 0.6) is 0 Å². The molecule has 1 saturated heterocycles. The fraction of sp³-hybridized carbons (Fsp3) is 0.440. The van der Waals surface area contributed by atoms with Crippen LogP contribution in [0.25, 0.3) is 0 Å². The summed E-state index contributed by atoms with van der Waals surface area (Å²) in [6, 6.07) is 9.32. The first-order valence-electron chi connectivity index (χ1n) is 11.7. The molecule has 34 heavy (non-hydrogen) atoms. The van der Waals surface area contributed by atoms with E-state index in [1.807, 2.05) is 24.3 Å². The minimum Gasteiger partial charge on any atom is -0.466 e. The van der Waals surface area contributed by atoms with Crippen molar-refractivity contribution < 1.29 is 19.1 Å². The number of carbonyl (C=O) groups excluding carboxylic acids is 3. The maximum absolute atomic E-state index is 12.6. The van der Waals surface area contributed by atoms with Crippen molar-refractivity contribution in [2.75, 3.05) is 49.5 Å². The molecule has 2 N–H and O–H groups in total. The number of ether oxygens (including phenoxy) is 1. The van der Waals surface area contributed by atoms with E-state index < -0.39 is 0 Å². The molecular formula is C25H33N5O4. The Bertz CT molecular complexity index is 1000. The maximum Gasteiger partial charge on any atom is 0.317 e. The van der Waals surface area contributed by atoms with Crippen LogP contribution in [0.3, 0.4) is 0 Å². The second-order valence-corrected chi connectivity index (χ2v) is 8.12. The van der Waals surface area contributed by atoms with Crippen LogP contribution >= 0.6 is 0 Å². The van der Waals surface area contributed by atoms with Gasteiger partial charge in [-0.25, -0.2) is 9.78 Å². The van der Waals surface area contributed by atoms with Gasteiger partial charge in [0.25, 0.3) is 5.91 Å². The lowest BCUT2D eigenvalue weighted by atomic mass is 10.1. The highest BCUT2D eigenvalue weighted by Crippen LogP contribution is 2.18.